The minimum absolute atomic E-state index is 0.214. The van der Waals surface area contributed by atoms with Crippen molar-refractivity contribution >= 4 is 40.9 Å². The largest absolute Gasteiger partial charge is 0.371 e. The molecule has 318 valence electrons. The highest BCUT2D eigenvalue weighted by Crippen LogP contribution is 2.29. The van der Waals surface area contributed by atoms with E-state index in [9.17, 15) is 14.4 Å². The van der Waals surface area contributed by atoms with Gasteiger partial charge in [-0.2, -0.15) is 0 Å². The number of piperazine rings is 1. The Morgan fingerprint density at radius 3 is 2.34 bits per heavy atom. The van der Waals surface area contributed by atoms with Crippen LogP contribution in [0.3, 0.4) is 0 Å². The van der Waals surface area contributed by atoms with E-state index in [2.05, 4.69) is 88.4 Å². The molecule has 3 aromatic carbocycles. The molecule has 8 rings (SSSR count). The standard InChI is InChI=1S/C46H56N12O3/c1-32-26-35(10-11-36(32)28-48-43(60)41-31-58(53-52-41)46(2,3)4)40-14-18-47-44(50-40)49-37-12-8-33(9-13-37)29-54-22-24-55(25-23-54)30-34-15-19-56(20-16-34)38-6-5-7-39(27-38)57-21-17-42(59)51-45(57)61/h5-14,18,26-27,31,34H,15-17,19-25,28-30H2,1-4H3,(H,48,60)(H,47,49,50)(H,51,59,61). The number of anilines is 4. The van der Waals surface area contributed by atoms with Crippen molar-refractivity contribution in [2.75, 3.05) is 67.5 Å². The number of urea groups is 1. The second-order valence-corrected chi connectivity index (χ2v) is 17.4. The van der Waals surface area contributed by atoms with Crippen molar-refractivity contribution in [3.63, 3.8) is 0 Å². The Morgan fingerprint density at radius 1 is 0.869 bits per heavy atom. The van der Waals surface area contributed by atoms with Crippen molar-refractivity contribution in [3.8, 4) is 11.3 Å². The third kappa shape index (κ3) is 10.4. The maximum absolute atomic E-state index is 12.7. The lowest BCUT2D eigenvalue weighted by Crippen LogP contribution is -2.49. The highest BCUT2D eigenvalue weighted by atomic mass is 16.2. The van der Waals surface area contributed by atoms with Gasteiger partial charge in [-0.3, -0.25) is 24.7 Å². The van der Waals surface area contributed by atoms with Gasteiger partial charge in [-0.1, -0.05) is 35.5 Å². The Kier molecular flexibility index (Phi) is 12.4. The van der Waals surface area contributed by atoms with Gasteiger partial charge in [0.15, 0.2) is 5.69 Å². The number of amides is 4. The van der Waals surface area contributed by atoms with Crippen LogP contribution in [0.25, 0.3) is 11.3 Å². The second kappa shape index (κ2) is 18.2. The Labute approximate surface area is 357 Å². The number of nitrogens with one attached hydrogen (secondary N) is 3. The van der Waals surface area contributed by atoms with Crippen LogP contribution in [0.1, 0.15) is 67.2 Å². The van der Waals surface area contributed by atoms with E-state index in [0.29, 0.717) is 37.1 Å². The van der Waals surface area contributed by atoms with Crippen LogP contribution in [0, 0.1) is 12.8 Å². The van der Waals surface area contributed by atoms with Crippen molar-refractivity contribution in [2.24, 2.45) is 5.92 Å². The first-order valence-corrected chi connectivity index (χ1v) is 21.3. The maximum atomic E-state index is 12.7. The zero-order valence-corrected chi connectivity index (χ0v) is 35.6. The van der Waals surface area contributed by atoms with E-state index in [1.54, 1.807) is 22.0 Å². The molecule has 0 bridgehead atoms. The molecule has 15 nitrogen and oxygen atoms in total. The molecule has 0 spiro atoms. The average Bonchev–Trinajstić information content (AvgIpc) is 3.77. The smallest absolute Gasteiger partial charge is 0.328 e. The molecule has 0 aliphatic carbocycles. The lowest BCUT2D eigenvalue weighted by atomic mass is 9.95. The van der Waals surface area contributed by atoms with Crippen LogP contribution < -0.4 is 25.8 Å². The fourth-order valence-corrected chi connectivity index (χ4v) is 8.21. The molecule has 5 aromatic rings. The summed E-state index contributed by atoms with van der Waals surface area (Å²) >= 11 is 0. The van der Waals surface area contributed by atoms with Crippen molar-refractivity contribution in [1.29, 1.82) is 0 Å². The number of carbonyl (C=O) groups excluding carboxylic acids is 3. The number of aromatic nitrogens is 5. The third-order valence-electron chi connectivity index (χ3n) is 11.9. The van der Waals surface area contributed by atoms with E-state index in [1.165, 1.54) is 5.56 Å². The summed E-state index contributed by atoms with van der Waals surface area (Å²) in [5.74, 6) is 0.737. The molecule has 4 amide bonds. The van der Waals surface area contributed by atoms with E-state index in [4.69, 9.17) is 4.98 Å². The zero-order chi connectivity index (χ0) is 42.5. The first kappa shape index (κ1) is 41.5. The van der Waals surface area contributed by atoms with Crippen LogP contribution >= 0.6 is 0 Å². The number of imide groups is 1. The molecule has 0 saturated carbocycles. The topological polar surface area (TPSA) is 157 Å². The summed E-state index contributed by atoms with van der Waals surface area (Å²) in [6.07, 6.45) is 6.07. The van der Waals surface area contributed by atoms with E-state index in [0.717, 1.165) is 105 Å². The average molecular weight is 825 g/mol. The Hall–Kier alpha value is -6.19. The number of rotatable bonds is 12. The lowest BCUT2D eigenvalue weighted by molar-refractivity contribution is -0.120. The molecular weight excluding hydrogens is 769 g/mol. The van der Waals surface area contributed by atoms with E-state index in [-0.39, 0.29) is 23.4 Å². The number of nitrogens with zero attached hydrogens (tertiary/aromatic N) is 9. The number of hydrogen-bond acceptors (Lipinski definition) is 11. The summed E-state index contributed by atoms with van der Waals surface area (Å²) < 4.78 is 1.69. The van der Waals surface area contributed by atoms with E-state index < -0.39 is 0 Å². The molecule has 2 aromatic heterocycles. The minimum Gasteiger partial charge on any atom is -0.371 e. The quantitative estimate of drug-likeness (QED) is 0.137. The van der Waals surface area contributed by atoms with Crippen LogP contribution in [-0.4, -0.2) is 105 Å². The fourth-order valence-electron chi connectivity index (χ4n) is 8.21. The second-order valence-electron chi connectivity index (χ2n) is 17.4. The highest BCUT2D eigenvalue weighted by molar-refractivity contribution is 6.05. The van der Waals surface area contributed by atoms with E-state index >= 15 is 0 Å². The van der Waals surface area contributed by atoms with Gasteiger partial charge >= 0.3 is 6.03 Å². The van der Waals surface area contributed by atoms with Crippen molar-refractivity contribution in [1.82, 2.24) is 45.4 Å². The molecule has 3 aliphatic heterocycles. The highest BCUT2D eigenvalue weighted by Gasteiger charge is 2.27. The predicted octanol–water partition coefficient (Wildman–Crippen LogP) is 5.95. The lowest BCUT2D eigenvalue weighted by Gasteiger charge is -2.39. The van der Waals surface area contributed by atoms with Gasteiger partial charge in [0, 0.05) is 101 Å². The third-order valence-corrected chi connectivity index (χ3v) is 11.9. The molecule has 0 unspecified atom stereocenters. The van der Waals surface area contributed by atoms with Gasteiger partial charge in [0.1, 0.15) is 0 Å². The Morgan fingerprint density at radius 2 is 1.62 bits per heavy atom. The fraction of sp³-hybridized carbons (Fsp3) is 0.413. The molecule has 3 N–H and O–H groups in total. The Bertz CT molecular complexity index is 2340. The van der Waals surface area contributed by atoms with Crippen molar-refractivity contribution < 1.29 is 14.4 Å². The van der Waals surface area contributed by atoms with Crippen molar-refractivity contribution in [3.05, 3.63) is 108 Å². The van der Waals surface area contributed by atoms with Crippen molar-refractivity contribution in [2.45, 2.75) is 65.6 Å². The van der Waals surface area contributed by atoms with Gasteiger partial charge in [-0.15, -0.1) is 5.10 Å². The molecule has 15 heteroatoms. The molecule has 3 saturated heterocycles. The number of hydrogen-bond donors (Lipinski definition) is 3. The normalized spacial score (nSPS) is 17.0. The molecule has 3 aliphatic rings. The summed E-state index contributed by atoms with van der Waals surface area (Å²) in [5.41, 5.74) is 8.06. The molecule has 0 radical (unpaired) electrons. The number of aryl methyl sites for hydroxylation is 1. The summed E-state index contributed by atoms with van der Waals surface area (Å²) in [7, 11) is 0. The van der Waals surface area contributed by atoms with Crippen LogP contribution in [0.2, 0.25) is 0 Å². The van der Waals surface area contributed by atoms with Crippen LogP contribution in [0.5, 0.6) is 0 Å². The number of benzene rings is 3. The molecule has 0 atom stereocenters. The molecule has 5 heterocycles. The van der Waals surface area contributed by atoms with Gasteiger partial charge in [-0.25, -0.2) is 19.4 Å². The predicted molar refractivity (Wildman–Crippen MR) is 237 cm³/mol. The zero-order valence-electron chi connectivity index (χ0n) is 35.6. The molecule has 61 heavy (non-hydrogen) atoms. The summed E-state index contributed by atoms with van der Waals surface area (Å²) in [5, 5.41) is 16.9. The SMILES string of the molecule is Cc1cc(-c2ccnc(Nc3ccc(CN4CCN(CC5CCN(c6cccc(N7CCC(=O)NC7=O)c6)CC5)CC4)cc3)n2)ccc1CNC(=O)c1cn(C(C)(C)C)nn1. The molecular formula is C46H56N12O3. The first-order valence-electron chi connectivity index (χ1n) is 21.3. The van der Waals surface area contributed by atoms with Crippen LogP contribution in [-0.2, 0) is 23.4 Å². The van der Waals surface area contributed by atoms with Crippen LogP contribution in [0.15, 0.2) is 85.2 Å². The van der Waals surface area contributed by atoms with Crippen LogP contribution in [0.4, 0.5) is 27.8 Å². The first-order chi connectivity index (χ1) is 29.4. The van der Waals surface area contributed by atoms with Gasteiger partial charge < -0.3 is 20.4 Å². The number of carbonyl (C=O) groups is 3. The minimum atomic E-state index is -0.343. The maximum Gasteiger partial charge on any atom is 0.328 e. The monoisotopic (exact) mass is 824 g/mol. The molecule has 3 fully saturated rings. The Balaban J connectivity index is 0.763. The van der Waals surface area contributed by atoms with E-state index in [1.807, 2.05) is 58.0 Å². The van der Waals surface area contributed by atoms with Gasteiger partial charge in [0.25, 0.3) is 5.91 Å². The van der Waals surface area contributed by atoms with Gasteiger partial charge in [0.2, 0.25) is 11.9 Å². The number of piperidine rings is 1. The summed E-state index contributed by atoms with van der Waals surface area (Å²) in [4.78, 5) is 55.3. The summed E-state index contributed by atoms with van der Waals surface area (Å²) in [6.45, 7) is 17.2. The van der Waals surface area contributed by atoms with Gasteiger partial charge in [-0.05, 0) is 106 Å². The summed E-state index contributed by atoms with van der Waals surface area (Å²) in [6, 6.07) is 24.3. The van der Waals surface area contributed by atoms with Gasteiger partial charge in [0.05, 0.1) is 17.4 Å².